The van der Waals surface area contributed by atoms with E-state index < -0.39 is 11.6 Å². The fourth-order valence-corrected chi connectivity index (χ4v) is 2.82. The first-order chi connectivity index (χ1) is 8.06. The number of ether oxygens (including phenoxy) is 1. The van der Waals surface area contributed by atoms with Crippen LogP contribution in [0, 0.1) is 11.6 Å². The van der Waals surface area contributed by atoms with Gasteiger partial charge in [-0.15, -0.1) is 0 Å². The van der Waals surface area contributed by atoms with Gasteiger partial charge in [-0.2, -0.15) is 0 Å². The van der Waals surface area contributed by atoms with E-state index in [0.717, 1.165) is 18.9 Å². The molecule has 2 aliphatic rings. The summed E-state index contributed by atoms with van der Waals surface area (Å²) in [5.41, 5.74) is 6.62. The minimum atomic E-state index is -0.516. The van der Waals surface area contributed by atoms with E-state index in [2.05, 4.69) is 0 Å². The van der Waals surface area contributed by atoms with Gasteiger partial charge < -0.3 is 10.5 Å². The lowest BCUT2D eigenvalue weighted by molar-refractivity contribution is 0.343. The molecule has 1 aliphatic heterocycles. The Kier molecular flexibility index (Phi) is 2.20. The molecule has 1 aromatic carbocycles. The van der Waals surface area contributed by atoms with Crippen molar-refractivity contribution in [3.63, 3.8) is 0 Å². The van der Waals surface area contributed by atoms with E-state index in [1.807, 2.05) is 6.92 Å². The Bertz CT molecular complexity index is 481. The summed E-state index contributed by atoms with van der Waals surface area (Å²) >= 11 is 0. The van der Waals surface area contributed by atoms with Crippen molar-refractivity contribution < 1.29 is 13.5 Å². The summed E-state index contributed by atoms with van der Waals surface area (Å²) in [5, 5.41) is 0. The van der Waals surface area contributed by atoms with Crippen LogP contribution < -0.4 is 10.5 Å². The number of benzene rings is 1. The molecule has 1 aliphatic carbocycles. The number of halogens is 2. The lowest BCUT2D eigenvalue weighted by Crippen LogP contribution is -2.32. The van der Waals surface area contributed by atoms with Crippen LogP contribution in [0.25, 0.3) is 0 Å². The van der Waals surface area contributed by atoms with Gasteiger partial charge in [0.2, 0.25) is 0 Å². The maximum absolute atomic E-state index is 14.0. The lowest BCUT2D eigenvalue weighted by atomic mass is 9.87. The molecule has 0 saturated heterocycles. The SMILES string of the molecule is CC(N)C1(c2c(F)cc(F)c3c2OCC3)CC1. The summed E-state index contributed by atoms with van der Waals surface area (Å²) in [6.45, 7) is 2.30. The number of fused-ring (bicyclic) bond motifs is 1. The van der Waals surface area contributed by atoms with Crippen molar-refractivity contribution in [1.29, 1.82) is 0 Å². The van der Waals surface area contributed by atoms with Gasteiger partial charge in [0.15, 0.2) is 0 Å². The Morgan fingerprint density at radius 3 is 2.65 bits per heavy atom. The van der Waals surface area contributed by atoms with Crippen molar-refractivity contribution in [3.8, 4) is 5.75 Å². The smallest absolute Gasteiger partial charge is 0.133 e. The molecule has 0 bridgehead atoms. The molecule has 1 atom stereocenters. The molecular formula is C13H15F2NO. The van der Waals surface area contributed by atoms with Crippen molar-refractivity contribution in [2.45, 2.75) is 37.6 Å². The second-order valence-corrected chi connectivity index (χ2v) is 5.07. The molecule has 4 heteroatoms. The molecule has 17 heavy (non-hydrogen) atoms. The molecule has 3 rings (SSSR count). The molecule has 2 N–H and O–H groups in total. The van der Waals surface area contributed by atoms with Crippen LogP contribution in [-0.4, -0.2) is 12.6 Å². The Morgan fingerprint density at radius 1 is 1.35 bits per heavy atom. The molecule has 2 nitrogen and oxygen atoms in total. The molecule has 1 saturated carbocycles. The molecule has 0 amide bonds. The number of hydrogen-bond acceptors (Lipinski definition) is 2. The molecule has 0 spiro atoms. The van der Waals surface area contributed by atoms with Crippen LogP contribution in [0.1, 0.15) is 30.9 Å². The minimum Gasteiger partial charge on any atom is -0.492 e. The predicted octanol–water partition coefficient (Wildman–Crippen LogP) is 2.28. The van der Waals surface area contributed by atoms with Crippen LogP contribution in [0.15, 0.2) is 6.07 Å². The summed E-state index contributed by atoms with van der Waals surface area (Å²) < 4.78 is 33.0. The van der Waals surface area contributed by atoms with E-state index in [9.17, 15) is 8.78 Å². The van der Waals surface area contributed by atoms with Gasteiger partial charge in [0.1, 0.15) is 17.4 Å². The maximum Gasteiger partial charge on any atom is 0.133 e. The normalized spacial score (nSPS) is 21.9. The number of nitrogens with two attached hydrogens (primary N) is 1. The van der Waals surface area contributed by atoms with Crippen LogP contribution in [-0.2, 0) is 11.8 Å². The van der Waals surface area contributed by atoms with Crippen LogP contribution in [0.3, 0.4) is 0 Å². The second-order valence-electron chi connectivity index (χ2n) is 5.07. The fourth-order valence-electron chi connectivity index (χ4n) is 2.82. The van der Waals surface area contributed by atoms with Gasteiger partial charge in [-0.05, 0) is 19.8 Å². The van der Waals surface area contributed by atoms with Gasteiger partial charge in [-0.25, -0.2) is 8.78 Å². The highest BCUT2D eigenvalue weighted by Crippen LogP contribution is 2.55. The lowest BCUT2D eigenvalue weighted by Gasteiger charge is -2.23. The van der Waals surface area contributed by atoms with Crippen LogP contribution >= 0.6 is 0 Å². The molecule has 92 valence electrons. The van der Waals surface area contributed by atoms with Gasteiger partial charge in [0.05, 0.1) is 6.61 Å². The standard InChI is InChI=1S/C13H15F2NO/c1-7(16)13(3-4-13)11-10(15)6-9(14)8-2-5-17-12(8)11/h6-7H,2-5,16H2,1H3. The monoisotopic (exact) mass is 239 g/mol. The summed E-state index contributed by atoms with van der Waals surface area (Å²) in [7, 11) is 0. The van der Waals surface area contributed by atoms with Crippen molar-refractivity contribution >= 4 is 0 Å². The van der Waals surface area contributed by atoms with Crippen molar-refractivity contribution in [2.24, 2.45) is 5.73 Å². The van der Waals surface area contributed by atoms with E-state index in [1.54, 1.807) is 0 Å². The maximum atomic E-state index is 14.0. The first-order valence-electron chi connectivity index (χ1n) is 5.96. The van der Waals surface area contributed by atoms with Crippen LogP contribution in [0.4, 0.5) is 8.78 Å². The van der Waals surface area contributed by atoms with Gasteiger partial charge in [-0.3, -0.25) is 0 Å². The molecule has 1 fully saturated rings. The summed E-state index contributed by atoms with van der Waals surface area (Å²) in [6.07, 6.45) is 2.22. The Labute approximate surface area is 98.8 Å². The molecule has 0 aromatic heterocycles. The van der Waals surface area contributed by atoms with E-state index >= 15 is 0 Å². The summed E-state index contributed by atoms with van der Waals surface area (Å²) in [4.78, 5) is 0. The highest BCUT2D eigenvalue weighted by Gasteiger charge is 2.52. The van der Waals surface area contributed by atoms with Crippen molar-refractivity contribution in [1.82, 2.24) is 0 Å². The third-order valence-electron chi connectivity index (χ3n) is 4.04. The Morgan fingerprint density at radius 2 is 2.06 bits per heavy atom. The average molecular weight is 239 g/mol. The van der Waals surface area contributed by atoms with Gasteiger partial charge >= 0.3 is 0 Å². The zero-order chi connectivity index (χ0) is 12.2. The third-order valence-corrected chi connectivity index (χ3v) is 4.04. The van der Waals surface area contributed by atoms with Gasteiger partial charge in [0.25, 0.3) is 0 Å². The molecule has 0 radical (unpaired) electrons. The summed E-state index contributed by atoms with van der Waals surface area (Å²) in [5.74, 6) is -0.602. The number of hydrogen-bond donors (Lipinski definition) is 1. The van der Waals surface area contributed by atoms with Crippen molar-refractivity contribution in [2.75, 3.05) is 6.61 Å². The van der Waals surface area contributed by atoms with Crippen LogP contribution in [0.5, 0.6) is 5.75 Å². The Balaban J connectivity index is 2.21. The fraction of sp³-hybridized carbons (Fsp3) is 0.538. The zero-order valence-corrected chi connectivity index (χ0v) is 9.72. The molecular weight excluding hydrogens is 224 g/mol. The van der Waals surface area contributed by atoms with Gasteiger partial charge in [-0.1, -0.05) is 0 Å². The van der Waals surface area contributed by atoms with E-state index in [0.29, 0.717) is 29.9 Å². The minimum absolute atomic E-state index is 0.143. The molecule has 1 heterocycles. The highest BCUT2D eigenvalue weighted by molar-refractivity contribution is 5.52. The predicted molar refractivity (Wildman–Crippen MR) is 60.1 cm³/mol. The first-order valence-corrected chi connectivity index (χ1v) is 5.96. The molecule has 1 unspecified atom stereocenters. The average Bonchev–Trinajstić information content (AvgIpc) is 2.89. The third kappa shape index (κ3) is 1.40. The van der Waals surface area contributed by atoms with Gasteiger partial charge in [0, 0.05) is 35.1 Å². The first kappa shape index (κ1) is 11.0. The topological polar surface area (TPSA) is 35.2 Å². The molecule has 1 aromatic rings. The van der Waals surface area contributed by atoms with E-state index in [4.69, 9.17) is 10.5 Å². The number of rotatable bonds is 2. The quantitative estimate of drug-likeness (QED) is 0.859. The largest absolute Gasteiger partial charge is 0.492 e. The highest BCUT2D eigenvalue weighted by atomic mass is 19.1. The zero-order valence-electron chi connectivity index (χ0n) is 9.72. The van der Waals surface area contributed by atoms with E-state index in [1.165, 1.54) is 0 Å². The summed E-state index contributed by atoms with van der Waals surface area (Å²) in [6, 6.07) is 0.835. The Hall–Kier alpha value is -1.16. The van der Waals surface area contributed by atoms with Crippen molar-refractivity contribution in [3.05, 3.63) is 28.8 Å². The second kappa shape index (κ2) is 3.42. The van der Waals surface area contributed by atoms with E-state index in [-0.39, 0.29) is 11.5 Å². The van der Waals surface area contributed by atoms with Crippen LogP contribution in [0.2, 0.25) is 0 Å².